The number of nitrogens with zero attached hydrogens (tertiary/aromatic N) is 2. The number of aryl methyl sites for hydroxylation is 1. The molecule has 22 heavy (non-hydrogen) atoms. The van der Waals surface area contributed by atoms with Crippen LogP contribution >= 0.6 is 0 Å². The monoisotopic (exact) mass is 300 g/mol. The zero-order valence-electron chi connectivity index (χ0n) is 12.2. The minimum absolute atomic E-state index is 0.0449. The maximum atomic E-state index is 12.5. The van der Waals surface area contributed by atoms with Gasteiger partial charge in [0.15, 0.2) is 0 Å². The number of benzene rings is 1. The van der Waals surface area contributed by atoms with Crippen LogP contribution in [-0.2, 0) is 29.0 Å². The van der Waals surface area contributed by atoms with Gasteiger partial charge in [0.1, 0.15) is 11.8 Å². The summed E-state index contributed by atoms with van der Waals surface area (Å²) in [7, 11) is 0. The molecule has 1 N–H and O–H groups in total. The van der Waals surface area contributed by atoms with E-state index in [1.54, 1.807) is 13.0 Å². The summed E-state index contributed by atoms with van der Waals surface area (Å²) in [4.78, 5) is 25.4. The number of carbonyl (C=O) groups is 2. The normalized spacial score (nSPS) is 17.1. The molecule has 0 saturated carbocycles. The lowest BCUT2D eigenvalue weighted by atomic mass is 9.93. The Hall–Kier alpha value is -2.63. The predicted octanol–water partition coefficient (Wildman–Crippen LogP) is 1.56. The second kappa shape index (κ2) is 5.63. The number of hydrogen-bond donors (Lipinski definition) is 1. The molecule has 6 nitrogen and oxygen atoms in total. The zero-order chi connectivity index (χ0) is 15.7. The quantitative estimate of drug-likeness (QED) is 0.930. The first-order valence-corrected chi connectivity index (χ1v) is 7.06. The molecule has 1 aromatic heterocycles. The van der Waals surface area contributed by atoms with Crippen LogP contribution in [0, 0.1) is 6.92 Å². The zero-order valence-corrected chi connectivity index (χ0v) is 12.2. The largest absolute Gasteiger partial charge is 0.480 e. The van der Waals surface area contributed by atoms with Crippen LogP contribution < -0.4 is 0 Å². The molecule has 1 aliphatic rings. The SMILES string of the molecule is Cc1cc(CC(=O)N2Cc3ccccc3CC2C(=O)O)no1. The van der Waals surface area contributed by atoms with Gasteiger partial charge in [0.25, 0.3) is 0 Å². The van der Waals surface area contributed by atoms with E-state index in [0.29, 0.717) is 24.4 Å². The summed E-state index contributed by atoms with van der Waals surface area (Å²) in [5.74, 6) is -0.615. The van der Waals surface area contributed by atoms with E-state index in [0.717, 1.165) is 11.1 Å². The van der Waals surface area contributed by atoms with E-state index in [-0.39, 0.29) is 12.3 Å². The first-order chi connectivity index (χ1) is 10.5. The summed E-state index contributed by atoms with van der Waals surface area (Å²) in [6, 6.07) is 8.46. The summed E-state index contributed by atoms with van der Waals surface area (Å²) in [6.45, 7) is 2.06. The van der Waals surface area contributed by atoms with Crippen molar-refractivity contribution in [2.75, 3.05) is 0 Å². The highest BCUT2D eigenvalue weighted by Crippen LogP contribution is 2.24. The van der Waals surface area contributed by atoms with E-state index < -0.39 is 12.0 Å². The van der Waals surface area contributed by atoms with Gasteiger partial charge in [-0.1, -0.05) is 29.4 Å². The van der Waals surface area contributed by atoms with Crippen molar-refractivity contribution < 1.29 is 19.2 Å². The first-order valence-electron chi connectivity index (χ1n) is 7.06. The topological polar surface area (TPSA) is 83.6 Å². The van der Waals surface area contributed by atoms with E-state index in [2.05, 4.69) is 5.16 Å². The van der Waals surface area contributed by atoms with Gasteiger partial charge in [0.2, 0.25) is 5.91 Å². The number of fused-ring (bicyclic) bond motifs is 1. The number of aliphatic carboxylic acids is 1. The fourth-order valence-electron chi connectivity index (χ4n) is 2.76. The van der Waals surface area contributed by atoms with Crippen LogP contribution in [0.15, 0.2) is 34.9 Å². The summed E-state index contributed by atoms with van der Waals surface area (Å²) in [5, 5.41) is 13.2. The lowest BCUT2D eigenvalue weighted by Crippen LogP contribution is -2.49. The average molecular weight is 300 g/mol. The predicted molar refractivity (Wildman–Crippen MR) is 77.1 cm³/mol. The van der Waals surface area contributed by atoms with Crippen LogP contribution in [0.2, 0.25) is 0 Å². The van der Waals surface area contributed by atoms with Crippen molar-refractivity contribution in [3.05, 3.63) is 52.9 Å². The molecule has 1 atom stereocenters. The Balaban J connectivity index is 1.84. The van der Waals surface area contributed by atoms with Crippen LogP contribution in [-0.4, -0.2) is 33.1 Å². The molecule has 1 unspecified atom stereocenters. The maximum Gasteiger partial charge on any atom is 0.326 e. The fourth-order valence-corrected chi connectivity index (χ4v) is 2.76. The number of aromatic nitrogens is 1. The Morgan fingerprint density at radius 3 is 2.73 bits per heavy atom. The van der Waals surface area contributed by atoms with Gasteiger partial charge in [-0.3, -0.25) is 4.79 Å². The van der Waals surface area contributed by atoms with Gasteiger partial charge in [-0.05, 0) is 18.1 Å². The number of carbonyl (C=O) groups excluding carboxylic acids is 1. The number of carboxylic acid groups (broad SMARTS) is 1. The Kier molecular flexibility index (Phi) is 3.66. The minimum atomic E-state index is -0.987. The second-order valence-corrected chi connectivity index (χ2v) is 5.45. The molecule has 2 heterocycles. The number of carboxylic acids is 1. The van der Waals surface area contributed by atoms with Crippen molar-refractivity contribution in [1.82, 2.24) is 10.1 Å². The first kappa shape index (κ1) is 14.3. The van der Waals surface area contributed by atoms with Gasteiger partial charge in [0.05, 0.1) is 12.1 Å². The molecule has 114 valence electrons. The van der Waals surface area contributed by atoms with Crippen LogP contribution in [0.1, 0.15) is 22.6 Å². The van der Waals surface area contributed by atoms with Gasteiger partial charge in [-0.2, -0.15) is 0 Å². The molecule has 0 aliphatic carbocycles. The molecule has 0 radical (unpaired) electrons. The third-order valence-corrected chi connectivity index (χ3v) is 3.86. The summed E-state index contributed by atoms with van der Waals surface area (Å²) in [5.41, 5.74) is 2.49. The van der Waals surface area contributed by atoms with Gasteiger partial charge in [0, 0.05) is 19.0 Å². The lowest BCUT2D eigenvalue weighted by molar-refractivity contribution is -0.151. The molecule has 2 aromatic rings. The van der Waals surface area contributed by atoms with E-state index >= 15 is 0 Å². The summed E-state index contributed by atoms with van der Waals surface area (Å²) in [6.07, 6.45) is 0.373. The lowest BCUT2D eigenvalue weighted by Gasteiger charge is -2.34. The number of amides is 1. The molecule has 1 aromatic carbocycles. The second-order valence-electron chi connectivity index (χ2n) is 5.45. The number of rotatable bonds is 3. The van der Waals surface area contributed by atoms with Crippen LogP contribution in [0.25, 0.3) is 0 Å². The highest BCUT2D eigenvalue weighted by molar-refractivity contribution is 5.85. The van der Waals surface area contributed by atoms with Crippen molar-refractivity contribution >= 4 is 11.9 Å². The number of hydrogen-bond acceptors (Lipinski definition) is 4. The van der Waals surface area contributed by atoms with Crippen LogP contribution in [0.3, 0.4) is 0 Å². The Morgan fingerprint density at radius 2 is 2.09 bits per heavy atom. The van der Waals surface area contributed by atoms with Crippen LogP contribution in [0.4, 0.5) is 0 Å². The van der Waals surface area contributed by atoms with Gasteiger partial charge < -0.3 is 14.5 Å². The van der Waals surface area contributed by atoms with Crippen LogP contribution in [0.5, 0.6) is 0 Å². The molecule has 0 fully saturated rings. The third-order valence-electron chi connectivity index (χ3n) is 3.86. The van der Waals surface area contributed by atoms with Gasteiger partial charge in [-0.25, -0.2) is 4.79 Å². The maximum absolute atomic E-state index is 12.5. The van der Waals surface area contributed by atoms with E-state index in [4.69, 9.17) is 4.52 Å². The molecule has 0 spiro atoms. The Morgan fingerprint density at radius 1 is 1.36 bits per heavy atom. The molecule has 3 rings (SSSR count). The van der Waals surface area contributed by atoms with Gasteiger partial charge >= 0.3 is 5.97 Å². The molecule has 0 saturated heterocycles. The van der Waals surface area contributed by atoms with Crippen molar-refractivity contribution in [1.29, 1.82) is 0 Å². The Bertz CT molecular complexity index is 722. The molecule has 0 bridgehead atoms. The highest BCUT2D eigenvalue weighted by atomic mass is 16.5. The summed E-state index contributed by atoms with van der Waals surface area (Å²) < 4.78 is 4.95. The highest BCUT2D eigenvalue weighted by Gasteiger charge is 2.34. The minimum Gasteiger partial charge on any atom is -0.480 e. The van der Waals surface area contributed by atoms with Crippen molar-refractivity contribution in [3.63, 3.8) is 0 Å². The average Bonchev–Trinajstić information content (AvgIpc) is 2.90. The van der Waals surface area contributed by atoms with E-state index in [1.807, 2.05) is 24.3 Å². The van der Waals surface area contributed by atoms with E-state index in [9.17, 15) is 14.7 Å². The smallest absolute Gasteiger partial charge is 0.326 e. The van der Waals surface area contributed by atoms with Crippen molar-refractivity contribution in [2.45, 2.75) is 32.4 Å². The third kappa shape index (κ3) is 2.72. The molecular formula is C16H16N2O4. The molecule has 6 heteroatoms. The van der Waals surface area contributed by atoms with Gasteiger partial charge in [-0.15, -0.1) is 0 Å². The Labute approximate surface area is 127 Å². The summed E-state index contributed by atoms with van der Waals surface area (Å²) >= 11 is 0. The molecule has 1 amide bonds. The van der Waals surface area contributed by atoms with Crippen molar-refractivity contribution in [2.24, 2.45) is 0 Å². The fraction of sp³-hybridized carbons (Fsp3) is 0.312. The van der Waals surface area contributed by atoms with Crippen molar-refractivity contribution in [3.8, 4) is 0 Å². The molecule has 1 aliphatic heterocycles. The van der Waals surface area contributed by atoms with E-state index in [1.165, 1.54) is 4.90 Å². The molecular weight excluding hydrogens is 284 g/mol. The standard InChI is InChI=1S/C16H16N2O4/c1-10-6-13(17-22-10)8-15(19)18-9-12-5-3-2-4-11(12)7-14(18)16(20)21/h2-6,14H,7-9H2,1H3,(H,20,21).